The van der Waals surface area contributed by atoms with Crippen LogP contribution in [0.1, 0.15) is 113 Å². The molecule has 1 saturated heterocycles. The Kier molecular flexibility index (Phi) is 12.4. The first-order valence-corrected chi connectivity index (χ1v) is 21.5. The minimum atomic E-state index is -3.79. The highest BCUT2D eigenvalue weighted by Crippen LogP contribution is 2.40. The molecule has 3 aliphatic rings. The van der Waals surface area contributed by atoms with Crippen LogP contribution in [-0.2, 0) is 33.6 Å². The van der Waals surface area contributed by atoms with E-state index < -0.39 is 76.7 Å². The molecule has 3 fully saturated rings. The van der Waals surface area contributed by atoms with E-state index in [2.05, 4.69) is 55.3 Å². The molecule has 0 aromatic carbocycles. The zero-order valence-electron chi connectivity index (χ0n) is 29.9. The van der Waals surface area contributed by atoms with E-state index in [0.717, 1.165) is 19.3 Å². The lowest BCUT2D eigenvalue weighted by atomic mass is 10.0. The average Bonchev–Trinajstić information content (AvgIpc) is 3.85. The van der Waals surface area contributed by atoms with E-state index in [1.54, 1.807) is 20.8 Å². The van der Waals surface area contributed by atoms with Gasteiger partial charge >= 0.3 is 6.09 Å². The molecule has 0 spiro atoms. The summed E-state index contributed by atoms with van der Waals surface area (Å²) in [6, 6.07) is -1.91. The van der Waals surface area contributed by atoms with Crippen molar-refractivity contribution in [1.82, 2.24) is 20.3 Å². The Balaban J connectivity index is 1.83. The van der Waals surface area contributed by atoms with Crippen LogP contribution < -0.4 is 15.4 Å². The molecule has 3 rings (SSSR count). The lowest BCUT2D eigenvalue weighted by molar-refractivity contribution is -0.141. The number of ether oxygens (including phenoxy) is 1. The van der Waals surface area contributed by atoms with Gasteiger partial charge in [-0.15, -0.1) is 0 Å². The second-order valence-corrected chi connectivity index (χ2v) is 22.6. The number of alkyl carbamates (subject to hydrolysis) is 1. The fourth-order valence-electron chi connectivity index (χ4n) is 5.37. The summed E-state index contributed by atoms with van der Waals surface area (Å²) in [4.78, 5) is 55.6. The van der Waals surface area contributed by atoms with Gasteiger partial charge in [0, 0.05) is 13.0 Å². The predicted octanol–water partition coefficient (Wildman–Crippen LogP) is 4.65. The number of hydrogen-bond donors (Lipinski definition) is 3. The van der Waals surface area contributed by atoms with E-state index >= 15 is 0 Å². The fourth-order valence-corrected chi connectivity index (χ4v) is 8.11. The van der Waals surface area contributed by atoms with Crippen LogP contribution in [0.15, 0.2) is 12.2 Å². The summed E-state index contributed by atoms with van der Waals surface area (Å²) < 4.78 is 39.2. The lowest BCUT2D eigenvalue weighted by Gasteiger charge is -2.38. The van der Waals surface area contributed by atoms with Crippen LogP contribution in [0.25, 0.3) is 0 Å². The molecule has 1 heterocycles. The number of hydrogen-bond acceptors (Lipinski definition) is 8. The molecule has 14 heteroatoms. The average molecular weight is 699 g/mol. The number of rotatable bonds is 15. The van der Waals surface area contributed by atoms with Crippen LogP contribution in [0.4, 0.5) is 4.79 Å². The van der Waals surface area contributed by atoms with Gasteiger partial charge in [0.25, 0.3) is 5.91 Å². The summed E-state index contributed by atoms with van der Waals surface area (Å²) in [5, 5.41) is 4.87. The molecule has 3 N–H and O–H groups in total. The molecule has 0 aromatic rings. The van der Waals surface area contributed by atoms with Gasteiger partial charge in [0.15, 0.2) is 8.32 Å². The van der Waals surface area contributed by atoms with Gasteiger partial charge in [-0.3, -0.25) is 19.1 Å². The summed E-state index contributed by atoms with van der Waals surface area (Å²) in [6.07, 6.45) is 8.51. The number of likely N-dealkylation sites (tertiary alicyclic amines) is 1. The van der Waals surface area contributed by atoms with Crippen LogP contribution >= 0.6 is 0 Å². The van der Waals surface area contributed by atoms with Gasteiger partial charge in [0.05, 0.1) is 11.4 Å². The van der Waals surface area contributed by atoms with Gasteiger partial charge in [-0.25, -0.2) is 13.2 Å². The summed E-state index contributed by atoms with van der Waals surface area (Å²) in [5.74, 6) is -1.71. The van der Waals surface area contributed by atoms with E-state index in [1.807, 2.05) is 13.0 Å². The second-order valence-electron chi connectivity index (χ2n) is 15.9. The number of sulfonamides is 1. The third kappa shape index (κ3) is 11.0. The first-order chi connectivity index (χ1) is 21.6. The standard InChI is InChI=1S/C33H58N4O8SSi/c1-10-11-12-13-14-15-16-25(34-30(41)44-31(2,3)4)28(39)37-22-23(45-47(8,9)32(5,6)7)21-26(37)27(38)35-33(19-20-33)29(40)36-46(42,43)24-17-18-24/h10-11,23-26H,12-22H2,1-9H3,(H,34,41)(H,35,38)(H,36,40)/b11-10-/t23-,25+,26+/m1/s1. The number of nitrogens with one attached hydrogen (secondary N) is 3. The largest absolute Gasteiger partial charge is 0.444 e. The summed E-state index contributed by atoms with van der Waals surface area (Å²) in [7, 11) is -6.09. The molecule has 4 amide bonds. The Morgan fingerprint density at radius 1 is 1.02 bits per heavy atom. The van der Waals surface area contributed by atoms with Gasteiger partial charge in [0.1, 0.15) is 23.2 Å². The van der Waals surface area contributed by atoms with E-state index in [1.165, 1.54) is 4.90 Å². The SMILES string of the molecule is C/C=C\CCCCC[C@H](NC(=O)OC(C)(C)C)C(=O)N1C[C@H](O[Si](C)(C)C(C)(C)C)C[C@H]1C(=O)NC1(C(=O)NS(=O)(=O)C2CC2)CC1. The Hall–Kier alpha value is -2.45. The topological polar surface area (TPSA) is 160 Å². The van der Waals surface area contributed by atoms with Crippen molar-refractivity contribution in [2.45, 2.75) is 165 Å². The smallest absolute Gasteiger partial charge is 0.408 e. The van der Waals surface area contributed by atoms with E-state index in [-0.39, 0.29) is 18.0 Å². The molecule has 0 radical (unpaired) electrons. The van der Waals surface area contributed by atoms with E-state index in [9.17, 15) is 27.6 Å². The van der Waals surface area contributed by atoms with Crippen LogP contribution in [0.2, 0.25) is 18.1 Å². The molecule has 2 aliphatic carbocycles. The quantitative estimate of drug-likeness (QED) is 0.127. The number of unbranched alkanes of at least 4 members (excludes halogenated alkanes) is 3. The number of carbonyl (C=O) groups excluding carboxylic acids is 4. The molecule has 1 aliphatic heterocycles. The van der Waals surface area contributed by atoms with Crippen LogP contribution in [0.3, 0.4) is 0 Å². The molecule has 47 heavy (non-hydrogen) atoms. The van der Waals surface area contributed by atoms with Crippen LogP contribution in [-0.4, -0.2) is 86.6 Å². The van der Waals surface area contributed by atoms with Gasteiger partial charge in [-0.05, 0) is 90.8 Å². The highest BCUT2D eigenvalue weighted by atomic mass is 32.2. The van der Waals surface area contributed by atoms with Gasteiger partial charge in [-0.2, -0.15) is 0 Å². The van der Waals surface area contributed by atoms with Crippen molar-refractivity contribution in [3.05, 3.63) is 12.2 Å². The monoisotopic (exact) mass is 698 g/mol. The first kappa shape index (κ1) is 39.0. The summed E-state index contributed by atoms with van der Waals surface area (Å²) in [5.41, 5.74) is -2.11. The molecule has 0 aromatic heterocycles. The maximum absolute atomic E-state index is 14.3. The summed E-state index contributed by atoms with van der Waals surface area (Å²) >= 11 is 0. The first-order valence-electron chi connectivity index (χ1n) is 17.1. The summed E-state index contributed by atoms with van der Waals surface area (Å²) in [6.45, 7) is 17.9. The van der Waals surface area contributed by atoms with Crippen LogP contribution in [0, 0.1) is 0 Å². The second kappa shape index (κ2) is 15.0. The van der Waals surface area contributed by atoms with Crippen molar-refractivity contribution >= 4 is 42.2 Å². The van der Waals surface area contributed by atoms with Crippen molar-refractivity contribution in [1.29, 1.82) is 0 Å². The third-order valence-corrected chi connectivity index (χ3v) is 15.8. The van der Waals surface area contributed by atoms with E-state index in [0.29, 0.717) is 38.5 Å². The van der Waals surface area contributed by atoms with Crippen molar-refractivity contribution in [3.8, 4) is 0 Å². The van der Waals surface area contributed by atoms with Crippen molar-refractivity contribution < 1.29 is 36.8 Å². The fraction of sp³-hybridized carbons (Fsp3) is 0.818. The van der Waals surface area contributed by atoms with Crippen molar-refractivity contribution in [2.75, 3.05) is 6.54 Å². The van der Waals surface area contributed by atoms with Crippen LogP contribution in [0.5, 0.6) is 0 Å². The van der Waals surface area contributed by atoms with Gasteiger partial charge in [-0.1, -0.05) is 45.8 Å². The third-order valence-electron chi connectivity index (χ3n) is 9.45. The molecule has 268 valence electrons. The minimum absolute atomic E-state index is 0.112. The van der Waals surface area contributed by atoms with Gasteiger partial charge in [0.2, 0.25) is 21.8 Å². The zero-order chi connectivity index (χ0) is 35.4. The van der Waals surface area contributed by atoms with E-state index in [4.69, 9.17) is 9.16 Å². The maximum atomic E-state index is 14.3. The molecular weight excluding hydrogens is 641 g/mol. The van der Waals surface area contributed by atoms with Crippen molar-refractivity contribution in [2.24, 2.45) is 0 Å². The maximum Gasteiger partial charge on any atom is 0.408 e. The molecule has 12 nitrogen and oxygen atoms in total. The van der Waals surface area contributed by atoms with Crippen molar-refractivity contribution in [3.63, 3.8) is 0 Å². The molecule has 2 saturated carbocycles. The zero-order valence-corrected chi connectivity index (χ0v) is 31.7. The highest BCUT2D eigenvalue weighted by molar-refractivity contribution is 7.91. The molecule has 0 bridgehead atoms. The Labute approximate surface area is 282 Å². The number of amides is 4. The minimum Gasteiger partial charge on any atom is -0.444 e. The Morgan fingerprint density at radius 2 is 1.66 bits per heavy atom. The Morgan fingerprint density at radius 3 is 2.19 bits per heavy atom. The molecular formula is C33H58N4O8SSi. The number of nitrogens with zero attached hydrogens (tertiary/aromatic N) is 1. The lowest BCUT2D eigenvalue weighted by Crippen LogP contribution is -2.57. The molecule has 0 unspecified atom stereocenters. The number of carbonyl (C=O) groups is 4. The highest BCUT2D eigenvalue weighted by Gasteiger charge is 2.55. The van der Waals surface area contributed by atoms with Gasteiger partial charge < -0.3 is 24.7 Å². The number of allylic oxidation sites excluding steroid dienone is 2. The molecule has 3 atom stereocenters. The predicted molar refractivity (Wildman–Crippen MR) is 183 cm³/mol. The normalized spacial score (nSPS) is 22.1. The Bertz CT molecular complexity index is 1300.